The highest BCUT2D eigenvalue weighted by molar-refractivity contribution is 5.83. The number of aryl methyl sites for hydroxylation is 1. The van der Waals surface area contributed by atoms with E-state index in [0.29, 0.717) is 0 Å². The zero-order valence-electron chi connectivity index (χ0n) is 9.34. The van der Waals surface area contributed by atoms with E-state index in [1.54, 1.807) is 0 Å². The van der Waals surface area contributed by atoms with Gasteiger partial charge in [0.1, 0.15) is 5.58 Å². The van der Waals surface area contributed by atoms with Crippen LogP contribution in [0, 0.1) is 0 Å². The minimum absolute atomic E-state index is 0.886. The van der Waals surface area contributed by atoms with Gasteiger partial charge in [0, 0.05) is 17.5 Å². The Kier molecular flexibility index (Phi) is 3.07. The summed E-state index contributed by atoms with van der Waals surface area (Å²) in [6.07, 6.45) is 2.89. The van der Waals surface area contributed by atoms with Crippen LogP contribution in [0.5, 0.6) is 0 Å². The topological polar surface area (TPSA) is 25.2 Å². The largest absolute Gasteiger partial charge is 0.464 e. The lowest BCUT2D eigenvalue weighted by molar-refractivity contribution is 0.601. The average molecular weight is 203 g/mol. The van der Waals surface area contributed by atoms with E-state index in [9.17, 15) is 0 Å². The summed E-state index contributed by atoms with van der Waals surface area (Å²) in [6, 6.07) is 6.36. The molecule has 0 atom stereocenters. The maximum absolute atomic E-state index is 5.63. The van der Waals surface area contributed by atoms with Crippen molar-refractivity contribution in [2.45, 2.75) is 26.8 Å². The van der Waals surface area contributed by atoms with Gasteiger partial charge in [-0.1, -0.05) is 32.0 Å². The van der Waals surface area contributed by atoms with Gasteiger partial charge < -0.3 is 9.73 Å². The Bertz CT molecular complexity index is 445. The molecule has 2 rings (SSSR count). The number of benzene rings is 1. The molecule has 2 aromatic rings. The first-order valence-corrected chi connectivity index (χ1v) is 5.55. The number of rotatable bonds is 4. The molecule has 1 aromatic carbocycles. The molecule has 80 valence electrons. The fourth-order valence-electron chi connectivity index (χ4n) is 1.85. The van der Waals surface area contributed by atoms with Crippen molar-refractivity contribution in [3.8, 4) is 0 Å². The summed E-state index contributed by atoms with van der Waals surface area (Å²) < 4.78 is 5.63. The zero-order chi connectivity index (χ0) is 10.7. The first kappa shape index (κ1) is 10.2. The van der Waals surface area contributed by atoms with Crippen molar-refractivity contribution in [2.75, 3.05) is 6.54 Å². The Hall–Kier alpha value is -1.28. The highest BCUT2D eigenvalue weighted by Crippen LogP contribution is 2.24. The summed E-state index contributed by atoms with van der Waals surface area (Å²) in [6.45, 7) is 6.14. The fourth-order valence-corrected chi connectivity index (χ4v) is 1.85. The van der Waals surface area contributed by atoms with Crippen LogP contribution in [-0.4, -0.2) is 6.54 Å². The first-order chi connectivity index (χ1) is 7.36. The normalized spacial score (nSPS) is 11.1. The molecule has 1 heterocycles. The molecule has 0 fully saturated rings. The van der Waals surface area contributed by atoms with Crippen LogP contribution in [0.2, 0.25) is 0 Å². The standard InChI is InChI=1S/C13H17NO/c1-3-10-6-5-7-12-11(8-14-4-2)9-15-13(10)12/h5-7,9,14H,3-4,8H2,1-2H3. The zero-order valence-corrected chi connectivity index (χ0v) is 9.34. The molecule has 1 aromatic heterocycles. The van der Waals surface area contributed by atoms with Gasteiger partial charge in [-0.3, -0.25) is 0 Å². The predicted octanol–water partition coefficient (Wildman–Crippen LogP) is 3.10. The van der Waals surface area contributed by atoms with E-state index >= 15 is 0 Å². The van der Waals surface area contributed by atoms with Gasteiger partial charge in [0.15, 0.2) is 0 Å². The Morgan fingerprint density at radius 1 is 1.20 bits per heavy atom. The molecule has 0 aliphatic heterocycles. The second-order valence-electron chi connectivity index (χ2n) is 3.69. The van der Waals surface area contributed by atoms with E-state index in [-0.39, 0.29) is 0 Å². The smallest absolute Gasteiger partial charge is 0.137 e. The highest BCUT2D eigenvalue weighted by Gasteiger charge is 2.07. The van der Waals surface area contributed by atoms with Crippen LogP contribution in [0.1, 0.15) is 25.0 Å². The third-order valence-electron chi connectivity index (χ3n) is 2.71. The van der Waals surface area contributed by atoms with Crippen LogP contribution in [-0.2, 0) is 13.0 Å². The molecule has 0 amide bonds. The monoisotopic (exact) mass is 203 g/mol. The minimum Gasteiger partial charge on any atom is -0.464 e. The van der Waals surface area contributed by atoms with E-state index in [4.69, 9.17) is 4.42 Å². The van der Waals surface area contributed by atoms with Gasteiger partial charge in [0.25, 0.3) is 0 Å². The summed E-state index contributed by atoms with van der Waals surface area (Å²) in [5.41, 5.74) is 3.59. The van der Waals surface area contributed by atoms with Gasteiger partial charge in [0.05, 0.1) is 6.26 Å². The minimum atomic E-state index is 0.886. The van der Waals surface area contributed by atoms with Crippen molar-refractivity contribution in [3.63, 3.8) is 0 Å². The number of para-hydroxylation sites is 1. The van der Waals surface area contributed by atoms with E-state index in [2.05, 4.69) is 37.4 Å². The molecular formula is C13H17NO. The molecule has 0 saturated heterocycles. The van der Waals surface area contributed by atoms with Crippen molar-refractivity contribution < 1.29 is 4.42 Å². The molecule has 0 bridgehead atoms. The number of nitrogens with one attached hydrogen (secondary N) is 1. The van der Waals surface area contributed by atoms with Gasteiger partial charge in [0.2, 0.25) is 0 Å². The van der Waals surface area contributed by atoms with Gasteiger partial charge in [-0.2, -0.15) is 0 Å². The number of hydrogen-bond acceptors (Lipinski definition) is 2. The summed E-state index contributed by atoms with van der Waals surface area (Å²) in [7, 11) is 0. The third-order valence-corrected chi connectivity index (χ3v) is 2.71. The maximum atomic E-state index is 5.63. The summed E-state index contributed by atoms with van der Waals surface area (Å²) in [5, 5.41) is 4.57. The Morgan fingerprint density at radius 2 is 2.07 bits per heavy atom. The Labute approximate surface area is 90.3 Å². The fraction of sp³-hybridized carbons (Fsp3) is 0.385. The molecule has 0 aliphatic rings. The van der Waals surface area contributed by atoms with E-state index in [1.807, 2.05) is 6.26 Å². The summed E-state index contributed by atoms with van der Waals surface area (Å²) in [4.78, 5) is 0. The molecule has 0 unspecified atom stereocenters. The van der Waals surface area contributed by atoms with Crippen molar-refractivity contribution in [3.05, 3.63) is 35.6 Å². The predicted molar refractivity (Wildman–Crippen MR) is 63.0 cm³/mol. The van der Waals surface area contributed by atoms with Crippen LogP contribution in [0.3, 0.4) is 0 Å². The molecule has 1 N–H and O–H groups in total. The average Bonchev–Trinajstić information content (AvgIpc) is 2.69. The van der Waals surface area contributed by atoms with Gasteiger partial charge in [-0.25, -0.2) is 0 Å². The van der Waals surface area contributed by atoms with Gasteiger partial charge in [-0.05, 0) is 18.5 Å². The van der Waals surface area contributed by atoms with Crippen LogP contribution in [0.4, 0.5) is 0 Å². The number of hydrogen-bond donors (Lipinski definition) is 1. The van der Waals surface area contributed by atoms with E-state index in [1.165, 1.54) is 16.5 Å². The lowest BCUT2D eigenvalue weighted by Gasteiger charge is -2.00. The lowest BCUT2D eigenvalue weighted by atomic mass is 10.1. The van der Waals surface area contributed by atoms with Crippen LogP contribution in [0.15, 0.2) is 28.9 Å². The van der Waals surface area contributed by atoms with Crippen LogP contribution >= 0.6 is 0 Å². The number of fused-ring (bicyclic) bond motifs is 1. The van der Waals surface area contributed by atoms with Crippen LogP contribution < -0.4 is 5.32 Å². The molecule has 0 spiro atoms. The van der Waals surface area contributed by atoms with Crippen molar-refractivity contribution in [1.82, 2.24) is 5.32 Å². The molecule has 0 radical (unpaired) electrons. The third kappa shape index (κ3) is 1.90. The number of furan rings is 1. The molecule has 2 nitrogen and oxygen atoms in total. The Balaban J connectivity index is 2.42. The summed E-state index contributed by atoms with van der Waals surface area (Å²) >= 11 is 0. The highest BCUT2D eigenvalue weighted by atomic mass is 16.3. The molecule has 15 heavy (non-hydrogen) atoms. The van der Waals surface area contributed by atoms with E-state index < -0.39 is 0 Å². The van der Waals surface area contributed by atoms with Gasteiger partial charge in [-0.15, -0.1) is 0 Å². The summed E-state index contributed by atoms with van der Waals surface area (Å²) in [5.74, 6) is 0. The lowest BCUT2D eigenvalue weighted by Crippen LogP contribution is -2.11. The molecule has 0 saturated carbocycles. The SMILES string of the molecule is CCNCc1coc2c(CC)cccc12. The first-order valence-electron chi connectivity index (χ1n) is 5.55. The van der Waals surface area contributed by atoms with Crippen molar-refractivity contribution in [2.24, 2.45) is 0 Å². The van der Waals surface area contributed by atoms with Crippen LogP contribution in [0.25, 0.3) is 11.0 Å². The van der Waals surface area contributed by atoms with Crippen molar-refractivity contribution >= 4 is 11.0 Å². The maximum Gasteiger partial charge on any atom is 0.137 e. The van der Waals surface area contributed by atoms with Gasteiger partial charge >= 0.3 is 0 Å². The second-order valence-corrected chi connectivity index (χ2v) is 3.69. The van der Waals surface area contributed by atoms with Crippen molar-refractivity contribution in [1.29, 1.82) is 0 Å². The molecule has 0 aliphatic carbocycles. The molecule has 2 heteroatoms. The molecular weight excluding hydrogens is 186 g/mol. The van der Waals surface area contributed by atoms with E-state index in [0.717, 1.165) is 25.1 Å². The Morgan fingerprint density at radius 3 is 2.80 bits per heavy atom. The quantitative estimate of drug-likeness (QED) is 0.826. The second kappa shape index (κ2) is 4.49.